The zero-order chi connectivity index (χ0) is 10.8. The first kappa shape index (κ1) is 9.64. The van der Waals surface area contributed by atoms with Crippen LogP contribution in [0.5, 0.6) is 0 Å². The molecule has 78 valence electrons. The van der Waals surface area contributed by atoms with Crippen LogP contribution in [0.3, 0.4) is 0 Å². The lowest BCUT2D eigenvalue weighted by molar-refractivity contribution is 0.492. The number of nitrogens with two attached hydrogens (primary N) is 1. The van der Waals surface area contributed by atoms with Crippen molar-refractivity contribution in [3.05, 3.63) is 47.7 Å². The molecule has 0 saturated heterocycles. The highest BCUT2D eigenvalue weighted by molar-refractivity contribution is 5.28. The highest BCUT2D eigenvalue weighted by atomic mass is 19.2. The highest BCUT2D eigenvalue weighted by Crippen LogP contribution is 2.13. The first-order chi connectivity index (χ1) is 7.18. The number of nitrogen functional groups attached to an aromatic ring is 1. The molecular formula is C10H9F2N3. The number of benzene rings is 1. The molecule has 1 heterocycles. The number of hydrogen-bond donors (Lipinski definition) is 1. The topological polar surface area (TPSA) is 43.8 Å². The summed E-state index contributed by atoms with van der Waals surface area (Å²) < 4.78 is 27.5. The van der Waals surface area contributed by atoms with E-state index in [0.29, 0.717) is 5.82 Å². The van der Waals surface area contributed by atoms with E-state index in [-0.39, 0.29) is 12.1 Å². The molecular weight excluding hydrogens is 200 g/mol. The van der Waals surface area contributed by atoms with E-state index >= 15 is 0 Å². The maximum Gasteiger partial charge on any atom is 0.163 e. The van der Waals surface area contributed by atoms with E-state index in [9.17, 15) is 8.78 Å². The number of halogens is 2. The van der Waals surface area contributed by atoms with E-state index in [2.05, 4.69) is 5.10 Å². The van der Waals surface area contributed by atoms with Crippen LogP contribution in [-0.2, 0) is 6.54 Å². The third kappa shape index (κ3) is 1.81. The van der Waals surface area contributed by atoms with Crippen molar-refractivity contribution in [3.8, 4) is 0 Å². The third-order valence-electron chi connectivity index (χ3n) is 2.10. The van der Waals surface area contributed by atoms with Crippen molar-refractivity contribution >= 4 is 5.82 Å². The molecule has 0 saturated carbocycles. The molecule has 0 radical (unpaired) electrons. The molecule has 2 aromatic rings. The van der Waals surface area contributed by atoms with Crippen LogP contribution in [0, 0.1) is 11.6 Å². The maximum atomic E-state index is 13.3. The summed E-state index contributed by atoms with van der Waals surface area (Å²) in [6.45, 7) is 0.127. The van der Waals surface area contributed by atoms with Crippen molar-refractivity contribution in [1.29, 1.82) is 0 Å². The SMILES string of the molecule is Nc1ccnn1Cc1cccc(F)c1F. The number of nitrogens with zero attached hydrogens (tertiary/aromatic N) is 2. The first-order valence-corrected chi connectivity index (χ1v) is 4.38. The molecule has 0 bridgehead atoms. The molecule has 2 N–H and O–H groups in total. The molecule has 0 spiro atoms. The lowest BCUT2D eigenvalue weighted by Gasteiger charge is -2.05. The Morgan fingerprint density at radius 2 is 2.07 bits per heavy atom. The van der Waals surface area contributed by atoms with Crippen LogP contribution in [0.15, 0.2) is 30.5 Å². The summed E-state index contributed by atoms with van der Waals surface area (Å²) in [4.78, 5) is 0. The van der Waals surface area contributed by atoms with Crippen LogP contribution < -0.4 is 5.73 Å². The summed E-state index contributed by atoms with van der Waals surface area (Å²) in [6.07, 6.45) is 1.51. The van der Waals surface area contributed by atoms with Crippen LogP contribution in [0.1, 0.15) is 5.56 Å². The molecule has 3 nitrogen and oxygen atoms in total. The molecule has 0 unspecified atom stereocenters. The zero-order valence-corrected chi connectivity index (χ0v) is 7.82. The normalized spacial score (nSPS) is 10.5. The Bertz CT molecular complexity index is 479. The van der Waals surface area contributed by atoms with Gasteiger partial charge >= 0.3 is 0 Å². The average molecular weight is 209 g/mol. The quantitative estimate of drug-likeness (QED) is 0.819. The second kappa shape index (κ2) is 3.68. The van der Waals surface area contributed by atoms with Crippen molar-refractivity contribution in [2.75, 3.05) is 5.73 Å². The van der Waals surface area contributed by atoms with Gasteiger partial charge in [0.1, 0.15) is 5.82 Å². The summed E-state index contributed by atoms with van der Waals surface area (Å²) in [7, 11) is 0. The molecule has 1 aromatic heterocycles. The maximum absolute atomic E-state index is 13.3. The van der Waals surface area contributed by atoms with Gasteiger partial charge in [-0.05, 0) is 12.1 Å². The van der Waals surface area contributed by atoms with Crippen LogP contribution in [-0.4, -0.2) is 9.78 Å². The monoisotopic (exact) mass is 209 g/mol. The molecule has 2 rings (SSSR count). The van der Waals surface area contributed by atoms with Crippen molar-refractivity contribution in [2.24, 2.45) is 0 Å². The fraction of sp³-hybridized carbons (Fsp3) is 0.100. The third-order valence-corrected chi connectivity index (χ3v) is 2.10. The molecule has 15 heavy (non-hydrogen) atoms. The van der Waals surface area contributed by atoms with E-state index in [4.69, 9.17) is 5.73 Å². The second-order valence-electron chi connectivity index (χ2n) is 3.13. The summed E-state index contributed by atoms with van der Waals surface area (Å²) in [5.41, 5.74) is 5.79. The Kier molecular flexibility index (Phi) is 2.37. The van der Waals surface area contributed by atoms with Crippen LogP contribution in [0.25, 0.3) is 0 Å². The van der Waals surface area contributed by atoms with Gasteiger partial charge in [0.25, 0.3) is 0 Å². The molecule has 0 aliphatic heterocycles. The highest BCUT2D eigenvalue weighted by Gasteiger charge is 2.08. The van der Waals surface area contributed by atoms with Gasteiger partial charge in [0, 0.05) is 5.56 Å². The Labute approximate surface area is 85.1 Å². The van der Waals surface area contributed by atoms with Crippen molar-refractivity contribution in [1.82, 2.24) is 9.78 Å². The Morgan fingerprint density at radius 3 is 2.73 bits per heavy atom. The van der Waals surface area contributed by atoms with Gasteiger partial charge in [0.05, 0.1) is 12.7 Å². The zero-order valence-electron chi connectivity index (χ0n) is 7.82. The lowest BCUT2D eigenvalue weighted by Crippen LogP contribution is -2.07. The fourth-order valence-electron chi connectivity index (χ4n) is 1.31. The van der Waals surface area contributed by atoms with E-state index in [1.165, 1.54) is 23.0 Å². The van der Waals surface area contributed by atoms with Crippen molar-refractivity contribution < 1.29 is 8.78 Å². The first-order valence-electron chi connectivity index (χ1n) is 4.38. The Balaban J connectivity index is 2.33. The second-order valence-corrected chi connectivity index (χ2v) is 3.13. The fourth-order valence-corrected chi connectivity index (χ4v) is 1.31. The van der Waals surface area contributed by atoms with Gasteiger partial charge in [0.15, 0.2) is 11.6 Å². The summed E-state index contributed by atoms with van der Waals surface area (Å²) in [5.74, 6) is -1.30. The Hall–Kier alpha value is -1.91. The van der Waals surface area contributed by atoms with E-state index < -0.39 is 11.6 Å². The largest absolute Gasteiger partial charge is 0.384 e. The van der Waals surface area contributed by atoms with Gasteiger partial charge in [-0.15, -0.1) is 0 Å². The van der Waals surface area contributed by atoms with Gasteiger partial charge < -0.3 is 5.73 Å². The van der Waals surface area contributed by atoms with E-state index in [1.807, 2.05) is 0 Å². The van der Waals surface area contributed by atoms with Gasteiger partial charge in [-0.25, -0.2) is 13.5 Å². The van der Waals surface area contributed by atoms with Crippen LogP contribution in [0.4, 0.5) is 14.6 Å². The molecule has 1 aromatic carbocycles. The van der Waals surface area contributed by atoms with Gasteiger partial charge in [0.2, 0.25) is 0 Å². The van der Waals surface area contributed by atoms with Gasteiger partial charge in [-0.2, -0.15) is 5.10 Å². The van der Waals surface area contributed by atoms with Crippen molar-refractivity contribution in [2.45, 2.75) is 6.54 Å². The van der Waals surface area contributed by atoms with Gasteiger partial charge in [-0.1, -0.05) is 12.1 Å². The molecule has 0 fully saturated rings. The predicted molar refractivity (Wildman–Crippen MR) is 52.1 cm³/mol. The number of anilines is 1. The lowest BCUT2D eigenvalue weighted by atomic mass is 10.2. The van der Waals surface area contributed by atoms with E-state index in [0.717, 1.165) is 6.07 Å². The van der Waals surface area contributed by atoms with Crippen molar-refractivity contribution in [3.63, 3.8) is 0 Å². The molecule has 0 amide bonds. The van der Waals surface area contributed by atoms with Crippen LogP contribution in [0.2, 0.25) is 0 Å². The summed E-state index contributed by atoms with van der Waals surface area (Å²) in [5, 5.41) is 3.88. The molecule has 0 aliphatic rings. The Morgan fingerprint density at radius 1 is 1.27 bits per heavy atom. The number of hydrogen-bond acceptors (Lipinski definition) is 2. The minimum absolute atomic E-state index is 0.127. The predicted octanol–water partition coefficient (Wildman–Crippen LogP) is 1.79. The summed E-state index contributed by atoms with van der Waals surface area (Å²) in [6, 6.07) is 5.62. The number of aromatic nitrogens is 2. The van der Waals surface area contributed by atoms with Gasteiger partial charge in [-0.3, -0.25) is 0 Å². The summed E-state index contributed by atoms with van der Waals surface area (Å²) >= 11 is 0. The van der Waals surface area contributed by atoms with Crippen LogP contribution >= 0.6 is 0 Å². The minimum Gasteiger partial charge on any atom is -0.384 e. The average Bonchev–Trinajstić information content (AvgIpc) is 2.60. The standard InChI is InChI=1S/C10H9F2N3/c11-8-3-1-2-7(10(8)12)6-15-9(13)4-5-14-15/h1-5H,6,13H2. The minimum atomic E-state index is -0.863. The molecule has 0 atom stereocenters. The molecule has 0 aliphatic carbocycles. The smallest absolute Gasteiger partial charge is 0.163 e. The number of rotatable bonds is 2. The van der Waals surface area contributed by atoms with E-state index in [1.54, 1.807) is 6.07 Å². The molecule has 5 heteroatoms.